The van der Waals surface area contributed by atoms with Gasteiger partial charge in [0.2, 0.25) is 11.8 Å². The molecule has 0 aromatic heterocycles. The van der Waals surface area contributed by atoms with Crippen LogP contribution < -0.4 is 5.32 Å². The molecule has 0 radical (unpaired) electrons. The van der Waals surface area contributed by atoms with Gasteiger partial charge in [0.1, 0.15) is 0 Å². The summed E-state index contributed by atoms with van der Waals surface area (Å²) >= 11 is 0. The van der Waals surface area contributed by atoms with Gasteiger partial charge in [-0.15, -0.1) is 0 Å². The summed E-state index contributed by atoms with van der Waals surface area (Å²) in [4.78, 5) is 25.9. The Morgan fingerprint density at radius 1 is 1.41 bits per heavy atom. The van der Waals surface area contributed by atoms with Crippen LogP contribution in [0.2, 0.25) is 0 Å². The summed E-state index contributed by atoms with van der Waals surface area (Å²) in [6.07, 6.45) is 1.10. The van der Waals surface area contributed by atoms with Crippen LogP contribution in [-0.2, 0) is 20.7 Å². The van der Waals surface area contributed by atoms with Crippen LogP contribution in [0, 0.1) is 5.92 Å². The molecule has 120 valence electrons. The van der Waals surface area contributed by atoms with Crippen LogP contribution in [-0.4, -0.2) is 49.6 Å². The normalized spacial score (nSPS) is 19.3. The zero-order chi connectivity index (χ0) is 15.9. The molecular formula is C17H24N2O3. The number of likely N-dealkylation sites (tertiary alicyclic amines) is 1. The predicted octanol–water partition coefficient (Wildman–Crippen LogP) is 1.23. The van der Waals surface area contributed by atoms with E-state index >= 15 is 0 Å². The number of carbonyl (C=O) groups is 2. The Balaban J connectivity index is 1.77. The first kappa shape index (κ1) is 16.5. The second-order valence-electron chi connectivity index (χ2n) is 5.78. The summed E-state index contributed by atoms with van der Waals surface area (Å²) in [5.74, 6) is -0.244. The van der Waals surface area contributed by atoms with E-state index in [9.17, 15) is 9.59 Å². The molecule has 2 amide bonds. The van der Waals surface area contributed by atoms with Crippen LogP contribution in [0.1, 0.15) is 18.9 Å². The van der Waals surface area contributed by atoms with E-state index < -0.39 is 0 Å². The number of nitrogens with zero attached hydrogens (tertiary/aromatic N) is 1. The molecule has 0 unspecified atom stereocenters. The number of hydrogen-bond acceptors (Lipinski definition) is 3. The van der Waals surface area contributed by atoms with Gasteiger partial charge in [0.25, 0.3) is 0 Å². The first-order chi connectivity index (χ1) is 10.6. The fraction of sp³-hybridized carbons (Fsp3) is 0.529. The monoisotopic (exact) mass is 304 g/mol. The third kappa shape index (κ3) is 4.31. The number of hydrogen-bond donors (Lipinski definition) is 1. The molecule has 0 aliphatic carbocycles. The molecule has 5 nitrogen and oxygen atoms in total. The minimum Gasteiger partial charge on any atom is -0.383 e. The van der Waals surface area contributed by atoms with E-state index in [4.69, 9.17) is 4.74 Å². The Morgan fingerprint density at radius 2 is 2.14 bits per heavy atom. The standard InChI is InChI=1S/C17H24N2O3/c1-13(12-22-2)19-11-15(10-16(19)20)17(21)18-9-8-14-6-4-3-5-7-14/h3-7,13,15H,8-12H2,1-2H3,(H,18,21)/t13-,15-/m1/s1. The first-order valence-electron chi connectivity index (χ1n) is 7.72. The largest absolute Gasteiger partial charge is 0.383 e. The molecule has 2 atom stereocenters. The van der Waals surface area contributed by atoms with Crippen molar-refractivity contribution in [2.24, 2.45) is 5.92 Å². The molecule has 1 aromatic carbocycles. The molecule has 1 heterocycles. The van der Waals surface area contributed by atoms with E-state index in [0.717, 1.165) is 6.42 Å². The Hall–Kier alpha value is -1.88. The predicted molar refractivity (Wildman–Crippen MR) is 84.3 cm³/mol. The topological polar surface area (TPSA) is 58.6 Å². The number of methoxy groups -OCH3 is 1. The molecular weight excluding hydrogens is 280 g/mol. The molecule has 0 saturated carbocycles. The van der Waals surface area contributed by atoms with E-state index in [2.05, 4.69) is 5.32 Å². The molecule has 22 heavy (non-hydrogen) atoms. The lowest BCUT2D eigenvalue weighted by atomic mass is 10.1. The molecule has 1 N–H and O–H groups in total. The Morgan fingerprint density at radius 3 is 2.82 bits per heavy atom. The van der Waals surface area contributed by atoms with Crippen LogP contribution in [0.4, 0.5) is 0 Å². The van der Waals surface area contributed by atoms with Crippen LogP contribution >= 0.6 is 0 Å². The summed E-state index contributed by atoms with van der Waals surface area (Å²) < 4.78 is 5.08. The van der Waals surface area contributed by atoms with Crippen molar-refractivity contribution in [2.75, 3.05) is 26.8 Å². The van der Waals surface area contributed by atoms with Crippen molar-refractivity contribution in [1.82, 2.24) is 10.2 Å². The fourth-order valence-corrected chi connectivity index (χ4v) is 2.78. The maximum atomic E-state index is 12.2. The van der Waals surface area contributed by atoms with E-state index in [-0.39, 0.29) is 23.8 Å². The lowest BCUT2D eigenvalue weighted by Gasteiger charge is -2.23. The van der Waals surface area contributed by atoms with E-state index in [1.807, 2.05) is 37.3 Å². The van der Waals surface area contributed by atoms with E-state index in [0.29, 0.717) is 26.1 Å². The first-order valence-corrected chi connectivity index (χ1v) is 7.72. The quantitative estimate of drug-likeness (QED) is 0.824. The molecule has 2 rings (SSSR count). The van der Waals surface area contributed by atoms with Gasteiger partial charge in [-0.25, -0.2) is 0 Å². The van der Waals surface area contributed by atoms with Crippen molar-refractivity contribution in [2.45, 2.75) is 25.8 Å². The number of nitrogens with one attached hydrogen (secondary N) is 1. The van der Waals surface area contributed by atoms with Crippen LogP contribution in [0.5, 0.6) is 0 Å². The third-order valence-electron chi connectivity index (χ3n) is 4.02. The van der Waals surface area contributed by atoms with Gasteiger partial charge >= 0.3 is 0 Å². The molecule has 1 aliphatic rings. The highest BCUT2D eigenvalue weighted by molar-refractivity contribution is 5.89. The van der Waals surface area contributed by atoms with Crippen molar-refractivity contribution >= 4 is 11.8 Å². The van der Waals surface area contributed by atoms with Crippen molar-refractivity contribution < 1.29 is 14.3 Å². The second kappa shape index (κ2) is 7.94. The van der Waals surface area contributed by atoms with Crippen molar-refractivity contribution in [3.05, 3.63) is 35.9 Å². The summed E-state index contributed by atoms with van der Waals surface area (Å²) in [5, 5.41) is 2.94. The van der Waals surface area contributed by atoms with Gasteiger partial charge in [-0.1, -0.05) is 30.3 Å². The molecule has 0 spiro atoms. The average molecular weight is 304 g/mol. The van der Waals surface area contributed by atoms with Crippen LogP contribution in [0.3, 0.4) is 0 Å². The van der Waals surface area contributed by atoms with Gasteiger partial charge in [-0.2, -0.15) is 0 Å². The summed E-state index contributed by atoms with van der Waals surface area (Å²) in [5.41, 5.74) is 1.20. The van der Waals surface area contributed by atoms with Gasteiger partial charge in [0.05, 0.1) is 18.6 Å². The molecule has 1 fully saturated rings. The van der Waals surface area contributed by atoms with E-state index in [1.54, 1.807) is 12.0 Å². The average Bonchev–Trinajstić information content (AvgIpc) is 2.91. The highest BCUT2D eigenvalue weighted by atomic mass is 16.5. The van der Waals surface area contributed by atoms with Gasteiger partial charge in [0, 0.05) is 26.6 Å². The summed E-state index contributed by atoms with van der Waals surface area (Å²) in [6.45, 7) is 3.52. The minimum atomic E-state index is -0.248. The number of rotatable bonds is 7. The molecule has 1 aromatic rings. The highest BCUT2D eigenvalue weighted by Crippen LogP contribution is 2.20. The fourth-order valence-electron chi connectivity index (χ4n) is 2.78. The zero-order valence-electron chi connectivity index (χ0n) is 13.2. The summed E-state index contributed by atoms with van der Waals surface area (Å²) in [7, 11) is 1.62. The summed E-state index contributed by atoms with van der Waals surface area (Å²) in [6, 6.07) is 10.0. The van der Waals surface area contributed by atoms with Crippen LogP contribution in [0.15, 0.2) is 30.3 Å². The van der Waals surface area contributed by atoms with Gasteiger partial charge in [0.15, 0.2) is 0 Å². The number of amides is 2. The highest BCUT2D eigenvalue weighted by Gasteiger charge is 2.36. The maximum Gasteiger partial charge on any atom is 0.225 e. The molecule has 0 bridgehead atoms. The Kier molecular flexibility index (Phi) is 5.95. The van der Waals surface area contributed by atoms with Crippen molar-refractivity contribution in [1.29, 1.82) is 0 Å². The molecule has 5 heteroatoms. The van der Waals surface area contributed by atoms with E-state index in [1.165, 1.54) is 5.56 Å². The second-order valence-corrected chi connectivity index (χ2v) is 5.78. The van der Waals surface area contributed by atoms with Gasteiger partial charge < -0.3 is 15.0 Å². The van der Waals surface area contributed by atoms with Crippen molar-refractivity contribution in [3.63, 3.8) is 0 Å². The number of ether oxygens (including phenoxy) is 1. The maximum absolute atomic E-state index is 12.2. The number of carbonyl (C=O) groups excluding carboxylic acids is 2. The Labute approximate surface area is 131 Å². The Bertz CT molecular complexity index is 504. The minimum absolute atomic E-state index is 0.0135. The molecule has 1 saturated heterocycles. The lowest BCUT2D eigenvalue weighted by Crippen LogP contribution is -2.39. The number of benzene rings is 1. The van der Waals surface area contributed by atoms with Gasteiger partial charge in [-0.05, 0) is 18.9 Å². The smallest absolute Gasteiger partial charge is 0.225 e. The molecule has 1 aliphatic heterocycles. The third-order valence-corrected chi connectivity index (χ3v) is 4.02. The van der Waals surface area contributed by atoms with Crippen molar-refractivity contribution in [3.8, 4) is 0 Å². The lowest BCUT2D eigenvalue weighted by molar-refractivity contribution is -0.130. The van der Waals surface area contributed by atoms with Crippen LogP contribution in [0.25, 0.3) is 0 Å². The zero-order valence-corrected chi connectivity index (χ0v) is 13.2. The SMILES string of the molecule is COC[C@@H](C)N1C[C@H](C(=O)NCCc2ccccc2)CC1=O. The van der Waals surface area contributed by atoms with Gasteiger partial charge in [-0.3, -0.25) is 9.59 Å².